The van der Waals surface area contributed by atoms with E-state index in [9.17, 15) is 5.11 Å². The van der Waals surface area contributed by atoms with Gasteiger partial charge in [-0.2, -0.15) is 0 Å². The van der Waals surface area contributed by atoms with Gasteiger partial charge in [-0.1, -0.05) is 30.9 Å². The molecule has 1 aliphatic rings. The first-order chi connectivity index (χ1) is 7.70. The summed E-state index contributed by atoms with van der Waals surface area (Å²) in [5, 5.41) is 10.8. The van der Waals surface area contributed by atoms with Crippen LogP contribution in [0.25, 0.3) is 0 Å². The van der Waals surface area contributed by atoms with Gasteiger partial charge in [-0.05, 0) is 30.5 Å². The maximum atomic E-state index is 10.2. The van der Waals surface area contributed by atoms with Crippen LogP contribution in [-0.2, 0) is 0 Å². The molecule has 0 radical (unpaired) electrons. The van der Waals surface area contributed by atoms with Crippen LogP contribution < -0.4 is 4.74 Å². The minimum Gasteiger partial charge on any atom is -0.496 e. The standard InChI is InChI=1S/C13H17ClO2/c1-16-13-6-5-10(14)8-11(13)12(15)7-9-3-2-4-9/h5-6,8-9,12,15H,2-4,7H2,1H3. The van der Waals surface area contributed by atoms with Crippen molar-refractivity contribution in [1.29, 1.82) is 0 Å². The van der Waals surface area contributed by atoms with Gasteiger partial charge in [-0.15, -0.1) is 0 Å². The predicted octanol–water partition coefficient (Wildman–Crippen LogP) is 3.57. The SMILES string of the molecule is COc1ccc(Cl)cc1C(O)CC1CCC1. The van der Waals surface area contributed by atoms with E-state index < -0.39 is 6.10 Å². The van der Waals surface area contributed by atoms with Crippen molar-refractivity contribution < 1.29 is 9.84 Å². The Hall–Kier alpha value is -0.730. The van der Waals surface area contributed by atoms with Crippen LogP contribution in [0, 0.1) is 5.92 Å². The number of ether oxygens (including phenoxy) is 1. The van der Waals surface area contributed by atoms with E-state index in [1.54, 1.807) is 19.2 Å². The molecule has 2 nitrogen and oxygen atoms in total. The minimum absolute atomic E-state index is 0.459. The van der Waals surface area contributed by atoms with Crippen molar-refractivity contribution in [2.24, 2.45) is 5.92 Å². The first-order valence-corrected chi connectivity index (χ1v) is 6.10. The molecule has 1 aliphatic carbocycles. The van der Waals surface area contributed by atoms with Gasteiger partial charge in [0.1, 0.15) is 5.75 Å². The van der Waals surface area contributed by atoms with Crippen molar-refractivity contribution in [2.45, 2.75) is 31.8 Å². The molecule has 0 aliphatic heterocycles. The lowest BCUT2D eigenvalue weighted by molar-refractivity contribution is 0.116. The van der Waals surface area contributed by atoms with Crippen molar-refractivity contribution in [3.8, 4) is 5.75 Å². The summed E-state index contributed by atoms with van der Waals surface area (Å²) in [6.45, 7) is 0. The normalized spacial score (nSPS) is 17.9. The monoisotopic (exact) mass is 240 g/mol. The van der Waals surface area contributed by atoms with Crippen LogP contribution in [0.2, 0.25) is 5.02 Å². The summed E-state index contributed by atoms with van der Waals surface area (Å²) in [7, 11) is 1.61. The summed E-state index contributed by atoms with van der Waals surface area (Å²) in [6.07, 6.45) is 4.12. The summed E-state index contributed by atoms with van der Waals surface area (Å²) >= 11 is 5.94. The van der Waals surface area contributed by atoms with Crippen molar-refractivity contribution in [3.63, 3.8) is 0 Å². The highest BCUT2D eigenvalue weighted by Crippen LogP contribution is 2.37. The topological polar surface area (TPSA) is 29.5 Å². The minimum atomic E-state index is -0.459. The number of hydrogen-bond acceptors (Lipinski definition) is 2. The zero-order chi connectivity index (χ0) is 11.5. The zero-order valence-electron chi connectivity index (χ0n) is 9.45. The molecule has 16 heavy (non-hydrogen) atoms. The molecule has 1 aromatic carbocycles. The van der Waals surface area contributed by atoms with E-state index in [-0.39, 0.29) is 0 Å². The molecule has 0 spiro atoms. The van der Waals surface area contributed by atoms with E-state index in [0.29, 0.717) is 10.9 Å². The number of halogens is 1. The van der Waals surface area contributed by atoms with Gasteiger partial charge in [0, 0.05) is 10.6 Å². The van der Waals surface area contributed by atoms with Crippen molar-refractivity contribution >= 4 is 11.6 Å². The fourth-order valence-electron chi connectivity index (χ4n) is 2.14. The van der Waals surface area contributed by atoms with Crippen LogP contribution in [0.1, 0.15) is 37.4 Å². The van der Waals surface area contributed by atoms with E-state index in [4.69, 9.17) is 16.3 Å². The molecule has 0 saturated heterocycles. The third kappa shape index (κ3) is 2.50. The van der Waals surface area contributed by atoms with Gasteiger partial charge in [0.05, 0.1) is 13.2 Å². The fourth-order valence-corrected chi connectivity index (χ4v) is 2.32. The summed E-state index contributed by atoms with van der Waals surface area (Å²) < 4.78 is 5.24. The molecular weight excluding hydrogens is 224 g/mol. The highest BCUT2D eigenvalue weighted by molar-refractivity contribution is 6.30. The van der Waals surface area contributed by atoms with Gasteiger partial charge in [0.2, 0.25) is 0 Å². The highest BCUT2D eigenvalue weighted by atomic mass is 35.5. The maximum Gasteiger partial charge on any atom is 0.124 e. The average Bonchev–Trinajstić information content (AvgIpc) is 2.23. The Morgan fingerprint density at radius 1 is 1.50 bits per heavy atom. The quantitative estimate of drug-likeness (QED) is 0.872. The van der Waals surface area contributed by atoms with E-state index >= 15 is 0 Å². The lowest BCUT2D eigenvalue weighted by atomic mass is 9.80. The van der Waals surface area contributed by atoms with Crippen LogP contribution in [0.3, 0.4) is 0 Å². The molecule has 1 saturated carbocycles. The third-order valence-corrected chi connectivity index (χ3v) is 3.57. The van der Waals surface area contributed by atoms with Crippen molar-refractivity contribution in [3.05, 3.63) is 28.8 Å². The maximum absolute atomic E-state index is 10.2. The molecule has 1 unspecified atom stereocenters. The second-order valence-corrected chi connectivity index (χ2v) is 4.87. The van der Waals surface area contributed by atoms with Gasteiger partial charge >= 0.3 is 0 Å². The second kappa shape index (κ2) is 5.07. The van der Waals surface area contributed by atoms with E-state index in [1.807, 2.05) is 6.07 Å². The fraction of sp³-hybridized carbons (Fsp3) is 0.538. The van der Waals surface area contributed by atoms with E-state index in [0.717, 1.165) is 17.7 Å². The van der Waals surface area contributed by atoms with Crippen LogP contribution in [0.5, 0.6) is 5.75 Å². The highest BCUT2D eigenvalue weighted by Gasteiger charge is 2.23. The van der Waals surface area contributed by atoms with Crippen molar-refractivity contribution in [1.82, 2.24) is 0 Å². The smallest absolute Gasteiger partial charge is 0.124 e. The van der Waals surface area contributed by atoms with Gasteiger partial charge in [0.15, 0.2) is 0 Å². The number of aliphatic hydroxyl groups excluding tert-OH is 1. The summed E-state index contributed by atoms with van der Waals surface area (Å²) in [6, 6.07) is 5.38. The molecule has 1 atom stereocenters. The van der Waals surface area contributed by atoms with Crippen LogP contribution >= 0.6 is 11.6 Å². The Labute approximate surface area is 101 Å². The number of benzene rings is 1. The van der Waals surface area contributed by atoms with E-state index in [1.165, 1.54) is 19.3 Å². The summed E-state index contributed by atoms with van der Waals surface area (Å²) in [4.78, 5) is 0. The van der Waals surface area contributed by atoms with Crippen molar-refractivity contribution in [2.75, 3.05) is 7.11 Å². The van der Waals surface area contributed by atoms with Crippen LogP contribution in [0.4, 0.5) is 0 Å². The Bertz CT molecular complexity index is 361. The lowest BCUT2D eigenvalue weighted by Gasteiger charge is -2.28. The molecule has 3 heteroatoms. The number of hydrogen-bond donors (Lipinski definition) is 1. The molecule has 0 bridgehead atoms. The molecular formula is C13H17ClO2. The number of rotatable bonds is 4. The molecule has 88 valence electrons. The Morgan fingerprint density at radius 3 is 2.81 bits per heavy atom. The predicted molar refractivity (Wildman–Crippen MR) is 64.9 cm³/mol. The van der Waals surface area contributed by atoms with Gasteiger partial charge < -0.3 is 9.84 Å². The first-order valence-electron chi connectivity index (χ1n) is 5.72. The number of methoxy groups -OCH3 is 1. The van der Waals surface area contributed by atoms with Gasteiger partial charge in [-0.3, -0.25) is 0 Å². The molecule has 2 rings (SSSR count). The summed E-state index contributed by atoms with van der Waals surface area (Å²) in [5.41, 5.74) is 0.807. The molecule has 1 N–H and O–H groups in total. The Kier molecular flexibility index (Phi) is 3.72. The largest absolute Gasteiger partial charge is 0.496 e. The van der Waals surface area contributed by atoms with Crippen LogP contribution in [0.15, 0.2) is 18.2 Å². The second-order valence-electron chi connectivity index (χ2n) is 4.43. The van der Waals surface area contributed by atoms with Gasteiger partial charge in [0.25, 0.3) is 0 Å². The molecule has 0 amide bonds. The molecule has 1 aromatic rings. The average molecular weight is 241 g/mol. The third-order valence-electron chi connectivity index (χ3n) is 3.33. The summed E-state index contributed by atoms with van der Waals surface area (Å²) in [5.74, 6) is 1.38. The molecule has 0 heterocycles. The van der Waals surface area contributed by atoms with Gasteiger partial charge in [-0.25, -0.2) is 0 Å². The molecule has 0 aromatic heterocycles. The van der Waals surface area contributed by atoms with Crippen LogP contribution in [-0.4, -0.2) is 12.2 Å². The first kappa shape index (κ1) is 11.7. The Balaban J connectivity index is 2.13. The Morgan fingerprint density at radius 2 is 2.25 bits per heavy atom. The van der Waals surface area contributed by atoms with E-state index in [2.05, 4.69) is 0 Å². The number of aliphatic hydroxyl groups is 1. The molecule has 1 fully saturated rings. The zero-order valence-corrected chi connectivity index (χ0v) is 10.2. The lowest BCUT2D eigenvalue weighted by Crippen LogP contribution is -2.15.